The maximum Gasteiger partial charge on any atom is 0.311 e. The van der Waals surface area contributed by atoms with Crippen LogP contribution in [0.5, 0.6) is 11.5 Å². The van der Waals surface area contributed by atoms with Gasteiger partial charge in [0.25, 0.3) is 0 Å². The molecule has 0 saturated heterocycles. The molecule has 0 spiro atoms. The first-order chi connectivity index (χ1) is 15.0. The predicted molar refractivity (Wildman–Crippen MR) is 128 cm³/mol. The van der Waals surface area contributed by atoms with E-state index in [1.807, 2.05) is 12.1 Å². The van der Waals surface area contributed by atoms with Crippen molar-refractivity contribution >= 4 is 11.9 Å². The van der Waals surface area contributed by atoms with Crippen LogP contribution in [-0.4, -0.2) is 11.9 Å². The van der Waals surface area contributed by atoms with Crippen LogP contribution in [0.25, 0.3) is 0 Å². The van der Waals surface area contributed by atoms with E-state index in [0.717, 1.165) is 56.9 Å². The summed E-state index contributed by atoms with van der Waals surface area (Å²) >= 11 is 0. The third-order valence-electron chi connectivity index (χ3n) is 5.46. The van der Waals surface area contributed by atoms with Crippen LogP contribution in [0.1, 0.15) is 117 Å². The molecule has 0 aliphatic heterocycles. The lowest BCUT2D eigenvalue weighted by Crippen LogP contribution is -2.13. The van der Waals surface area contributed by atoms with Crippen LogP contribution < -0.4 is 9.47 Å². The number of unbranched alkanes of at least 4 members (excludes halogenated alkanes) is 8. The monoisotopic (exact) mass is 432 g/mol. The van der Waals surface area contributed by atoms with E-state index in [2.05, 4.69) is 27.7 Å². The molecular weight excluding hydrogens is 388 g/mol. The number of hydrogen-bond donors (Lipinski definition) is 0. The normalized spacial score (nSPS) is 11.0. The first kappa shape index (κ1) is 27.2. The Labute approximate surface area is 190 Å². The Bertz CT molecular complexity index is 636. The standard InChI is InChI=1S/C27H44O4/c1-5-7-9-11-13-18-25(28)30-24-17-15-16-23(21-20-22(3)4)27(24)31-26(29)19-14-12-10-8-6-2/h15-17,22H,5-14,18-21H2,1-4H3. The molecule has 0 atom stereocenters. The fourth-order valence-corrected chi connectivity index (χ4v) is 3.48. The topological polar surface area (TPSA) is 52.6 Å². The third kappa shape index (κ3) is 12.6. The number of carbonyl (C=O) groups is 2. The summed E-state index contributed by atoms with van der Waals surface area (Å²) in [6, 6.07) is 5.58. The van der Waals surface area contributed by atoms with Gasteiger partial charge in [0.15, 0.2) is 11.5 Å². The second-order valence-corrected chi connectivity index (χ2v) is 8.95. The summed E-state index contributed by atoms with van der Waals surface area (Å²) in [5.74, 6) is 0.844. The minimum atomic E-state index is -0.255. The molecule has 0 unspecified atom stereocenters. The summed E-state index contributed by atoms with van der Waals surface area (Å²) < 4.78 is 11.4. The van der Waals surface area contributed by atoms with Gasteiger partial charge < -0.3 is 9.47 Å². The summed E-state index contributed by atoms with van der Waals surface area (Å²) in [6.07, 6.45) is 13.4. The van der Waals surface area contributed by atoms with Crippen molar-refractivity contribution in [3.05, 3.63) is 23.8 Å². The first-order valence-corrected chi connectivity index (χ1v) is 12.5. The van der Waals surface area contributed by atoms with Gasteiger partial charge in [0.2, 0.25) is 0 Å². The number of ether oxygens (including phenoxy) is 2. The molecule has 4 heteroatoms. The van der Waals surface area contributed by atoms with Crippen molar-refractivity contribution in [3.8, 4) is 11.5 Å². The van der Waals surface area contributed by atoms with Gasteiger partial charge in [0.05, 0.1) is 0 Å². The molecule has 176 valence electrons. The second kappa shape index (κ2) is 16.8. The van der Waals surface area contributed by atoms with Crippen molar-refractivity contribution in [1.82, 2.24) is 0 Å². The molecular formula is C27H44O4. The lowest BCUT2D eigenvalue weighted by molar-refractivity contribution is -0.137. The number of benzene rings is 1. The largest absolute Gasteiger partial charge is 0.423 e. The number of esters is 2. The van der Waals surface area contributed by atoms with Crippen LogP contribution >= 0.6 is 0 Å². The maximum absolute atomic E-state index is 12.5. The number of aryl methyl sites for hydroxylation is 1. The molecule has 0 fully saturated rings. The average Bonchev–Trinajstić information content (AvgIpc) is 2.73. The molecule has 0 aromatic heterocycles. The van der Waals surface area contributed by atoms with E-state index in [4.69, 9.17) is 9.47 Å². The fraction of sp³-hybridized carbons (Fsp3) is 0.704. The van der Waals surface area contributed by atoms with Gasteiger partial charge in [0.1, 0.15) is 0 Å². The van der Waals surface area contributed by atoms with Crippen molar-refractivity contribution in [2.24, 2.45) is 5.92 Å². The molecule has 0 radical (unpaired) electrons. The van der Waals surface area contributed by atoms with Crippen LogP contribution in [-0.2, 0) is 16.0 Å². The zero-order valence-electron chi connectivity index (χ0n) is 20.3. The molecule has 1 rings (SSSR count). The highest BCUT2D eigenvalue weighted by atomic mass is 16.6. The minimum absolute atomic E-state index is 0.245. The van der Waals surface area contributed by atoms with E-state index >= 15 is 0 Å². The van der Waals surface area contributed by atoms with Gasteiger partial charge >= 0.3 is 11.9 Å². The van der Waals surface area contributed by atoms with Crippen LogP contribution in [0.15, 0.2) is 18.2 Å². The Morgan fingerprint density at radius 2 is 1.32 bits per heavy atom. The molecule has 0 bridgehead atoms. The van der Waals surface area contributed by atoms with Gasteiger partial charge in [-0.3, -0.25) is 9.59 Å². The zero-order valence-corrected chi connectivity index (χ0v) is 20.3. The lowest BCUT2D eigenvalue weighted by atomic mass is 10.0. The molecule has 4 nitrogen and oxygen atoms in total. The van der Waals surface area contributed by atoms with Crippen molar-refractivity contribution in [2.75, 3.05) is 0 Å². The second-order valence-electron chi connectivity index (χ2n) is 8.95. The van der Waals surface area contributed by atoms with Gasteiger partial charge in [0, 0.05) is 12.8 Å². The highest BCUT2D eigenvalue weighted by Crippen LogP contribution is 2.34. The van der Waals surface area contributed by atoms with Crippen LogP contribution in [0.2, 0.25) is 0 Å². The van der Waals surface area contributed by atoms with Crippen LogP contribution in [0.3, 0.4) is 0 Å². The number of carbonyl (C=O) groups excluding carboxylic acids is 2. The number of para-hydroxylation sites is 1. The molecule has 0 aliphatic rings. The van der Waals surface area contributed by atoms with Gasteiger partial charge in [-0.1, -0.05) is 91.2 Å². The Morgan fingerprint density at radius 1 is 0.774 bits per heavy atom. The van der Waals surface area contributed by atoms with Crippen molar-refractivity contribution in [1.29, 1.82) is 0 Å². The van der Waals surface area contributed by atoms with Crippen molar-refractivity contribution in [3.63, 3.8) is 0 Å². The van der Waals surface area contributed by atoms with E-state index in [0.29, 0.717) is 30.3 Å². The summed E-state index contributed by atoms with van der Waals surface area (Å²) in [4.78, 5) is 24.9. The summed E-state index contributed by atoms with van der Waals surface area (Å²) in [5, 5.41) is 0. The number of hydrogen-bond acceptors (Lipinski definition) is 4. The van der Waals surface area contributed by atoms with Gasteiger partial charge in [-0.15, -0.1) is 0 Å². The van der Waals surface area contributed by atoms with Gasteiger partial charge in [-0.25, -0.2) is 0 Å². The zero-order chi connectivity index (χ0) is 22.9. The van der Waals surface area contributed by atoms with Crippen LogP contribution in [0.4, 0.5) is 0 Å². The number of rotatable bonds is 17. The molecule has 0 saturated carbocycles. The van der Waals surface area contributed by atoms with Crippen molar-refractivity contribution < 1.29 is 19.1 Å². The quantitative estimate of drug-likeness (QED) is 0.143. The predicted octanol–water partition coefficient (Wildman–Crippen LogP) is 7.81. The van der Waals surface area contributed by atoms with Gasteiger partial charge in [-0.2, -0.15) is 0 Å². The molecule has 0 amide bonds. The fourth-order valence-electron chi connectivity index (χ4n) is 3.48. The summed E-state index contributed by atoms with van der Waals surface area (Å²) in [7, 11) is 0. The Hall–Kier alpha value is -1.84. The highest BCUT2D eigenvalue weighted by molar-refractivity contribution is 5.76. The Kier molecular flexibility index (Phi) is 14.7. The molecule has 0 heterocycles. The molecule has 0 N–H and O–H groups in total. The average molecular weight is 433 g/mol. The molecule has 1 aromatic rings. The summed E-state index contributed by atoms with van der Waals surface area (Å²) in [5.41, 5.74) is 0.932. The molecule has 31 heavy (non-hydrogen) atoms. The minimum Gasteiger partial charge on any atom is -0.423 e. The first-order valence-electron chi connectivity index (χ1n) is 12.5. The molecule has 1 aromatic carbocycles. The Morgan fingerprint density at radius 3 is 1.87 bits per heavy atom. The van der Waals surface area contributed by atoms with E-state index < -0.39 is 0 Å². The third-order valence-corrected chi connectivity index (χ3v) is 5.46. The highest BCUT2D eigenvalue weighted by Gasteiger charge is 2.18. The Balaban J connectivity index is 2.75. The van der Waals surface area contributed by atoms with E-state index in [1.165, 1.54) is 25.7 Å². The maximum atomic E-state index is 12.5. The van der Waals surface area contributed by atoms with E-state index in [9.17, 15) is 9.59 Å². The van der Waals surface area contributed by atoms with Crippen LogP contribution in [0, 0.1) is 5.92 Å². The molecule has 0 aliphatic carbocycles. The smallest absolute Gasteiger partial charge is 0.311 e. The van der Waals surface area contributed by atoms with E-state index in [1.54, 1.807) is 6.07 Å². The lowest BCUT2D eigenvalue weighted by Gasteiger charge is -2.15. The SMILES string of the molecule is CCCCCCCC(=O)Oc1cccc(CCC(C)C)c1OC(=O)CCCCCCC. The van der Waals surface area contributed by atoms with Gasteiger partial charge in [-0.05, 0) is 43.2 Å². The summed E-state index contributed by atoms with van der Waals surface area (Å²) in [6.45, 7) is 8.69. The van der Waals surface area contributed by atoms with E-state index in [-0.39, 0.29) is 11.9 Å². The van der Waals surface area contributed by atoms with Crippen molar-refractivity contribution in [2.45, 2.75) is 118 Å².